The quantitative estimate of drug-likeness (QED) is 0.233. The van der Waals surface area contributed by atoms with Crippen LogP contribution in [-0.4, -0.2) is 63.9 Å². The lowest BCUT2D eigenvalue weighted by atomic mass is 10.0. The zero-order valence-corrected chi connectivity index (χ0v) is 23.8. The highest BCUT2D eigenvalue weighted by Crippen LogP contribution is 2.36. The molecule has 0 atom stereocenters. The second-order valence-electron chi connectivity index (χ2n) is 9.42. The van der Waals surface area contributed by atoms with Crippen molar-refractivity contribution in [2.24, 2.45) is 0 Å². The lowest BCUT2D eigenvalue weighted by Gasteiger charge is -2.37. The van der Waals surface area contributed by atoms with Crippen LogP contribution in [0.2, 0.25) is 0 Å². The first-order valence-corrected chi connectivity index (χ1v) is 14.5. The van der Waals surface area contributed by atoms with Gasteiger partial charge in [0.15, 0.2) is 0 Å². The van der Waals surface area contributed by atoms with E-state index in [1.165, 1.54) is 37.4 Å². The summed E-state index contributed by atoms with van der Waals surface area (Å²) in [4.78, 5) is 33.4. The summed E-state index contributed by atoms with van der Waals surface area (Å²) in [6, 6.07) is 2.11. The number of unbranched alkanes of at least 4 members (excludes halogenated alkanes) is 5. The zero-order valence-electron chi connectivity index (χ0n) is 22.1. The van der Waals surface area contributed by atoms with Gasteiger partial charge < -0.3 is 9.80 Å². The Bertz CT molecular complexity index is 1100. The van der Waals surface area contributed by atoms with Crippen molar-refractivity contribution in [3.63, 3.8) is 0 Å². The number of hydrogen-bond donors (Lipinski definition) is 0. The van der Waals surface area contributed by atoms with Crippen LogP contribution in [0.25, 0.3) is 6.08 Å². The van der Waals surface area contributed by atoms with Crippen molar-refractivity contribution in [1.82, 2.24) is 14.4 Å². The number of thiocarbonyl (C=S) groups is 1. The van der Waals surface area contributed by atoms with Gasteiger partial charge in [-0.3, -0.25) is 19.1 Å². The smallest absolute Gasteiger partial charge is 0.270 e. The van der Waals surface area contributed by atoms with E-state index in [9.17, 15) is 14.9 Å². The Morgan fingerprint density at radius 2 is 1.67 bits per heavy atom. The summed E-state index contributed by atoms with van der Waals surface area (Å²) >= 11 is 6.89. The topological polar surface area (TPSA) is 72.6 Å². The van der Waals surface area contributed by atoms with Crippen molar-refractivity contribution in [2.75, 3.05) is 44.2 Å². The molecule has 0 radical (unpaired) electrons. The number of carbonyl (C=O) groups excluding carboxylic acids is 1. The van der Waals surface area contributed by atoms with Crippen LogP contribution in [0.3, 0.4) is 0 Å². The van der Waals surface area contributed by atoms with E-state index in [2.05, 4.69) is 29.7 Å². The molecule has 0 N–H and O–H groups in total. The predicted molar refractivity (Wildman–Crippen MR) is 153 cm³/mol. The first-order chi connectivity index (χ1) is 17.4. The van der Waals surface area contributed by atoms with Gasteiger partial charge in [0, 0.05) is 44.8 Å². The normalized spacial score (nSPS) is 17.9. The molecule has 3 rings (SSSR count). The third-order valence-corrected chi connectivity index (χ3v) is 8.54. The fraction of sp³-hybridized carbons (Fsp3) is 0.630. The van der Waals surface area contributed by atoms with Crippen molar-refractivity contribution < 1.29 is 4.79 Å². The van der Waals surface area contributed by atoms with Gasteiger partial charge in [-0.1, -0.05) is 69.9 Å². The van der Waals surface area contributed by atoms with Crippen molar-refractivity contribution >= 4 is 46.1 Å². The van der Waals surface area contributed by atoms with Crippen molar-refractivity contribution in [2.45, 2.75) is 72.8 Å². The number of amides is 1. The summed E-state index contributed by atoms with van der Waals surface area (Å²) in [5.74, 6) is 0.725. The Balaban J connectivity index is 1.94. The summed E-state index contributed by atoms with van der Waals surface area (Å²) in [7, 11) is 0. The van der Waals surface area contributed by atoms with E-state index in [4.69, 9.17) is 12.2 Å². The number of thioether (sulfide) groups is 1. The molecule has 36 heavy (non-hydrogen) atoms. The average Bonchev–Trinajstić information content (AvgIpc) is 3.15. The average molecular weight is 530 g/mol. The summed E-state index contributed by atoms with van der Waals surface area (Å²) in [5, 5.41) is 9.78. The van der Waals surface area contributed by atoms with Gasteiger partial charge in [-0.2, -0.15) is 5.26 Å². The van der Waals surface area contributed by atoms with Crippen LogP contribution in [0, 0.1) is 18.3 Å². The molecule has 3 heterocycles. The fourth-order valence-electron chi connectivity index (χ4n) is 4.93. The molecule has 1 aromatic heterocycles. The highest BCUT2D eigenvalue weighted by Gasteiger charge is 2.33. The third-order valence-electron chi connectivity index (χ3n) is 7.17. The number of hydrogen-bond acceptors (Lipinski definition) is 7. The second-order valence-corrected chi connectivity index (χ2v) is 11.1. The lowest BCUT2D eigenvalue weighted by Crippen LogP contribution is -2.48. The first-order valence-electron chi connectivity index (χ1n) is 13.3. The van der Waals surface area contributed by atoms with E-state index in [0.29, 0.717) is 27.9 Å². The molecule has 0 aromatic carbocycles. The molecule has 0 bridgehead atoms. The maximum atomic E-state index is 13.3. The van der Waals surface area contributed by atoms with Crippen LogP contribution in [0.15, 0.2) is 9.70 Å². The molecule has 2 saturated heterocycles. The Kier molecular flexibility index (Phi) is 10.6. The Morgan fingerprint density at radius 1 is 1.00 bits per heavy atom. The number of likely N-dealkylation sites (N-methyl/N-ethyl adjacent to an activating group) is 1. The maximum Gasteiger partial charge on any atom is 0.270 e. The van der Waals surface area contributed by atoms with Gasteiger partial charge in [0.25, 0.3) is 11.5 Å². The second kappa shape index (κ2) is 13.4. The summed E-state index contributed by atoms with van der Waals surface area (Å²) < 4.78 is 2.27. The van der Waals surface area contributed by atoms with Gasteiger partial charge >= 0.3 is 0 Å². The molecule has 2 aliphatic rings. The van der Waals surface area contributed by atoms with E-state index in [1.54, 1.807) is 9.47 Å². The Morgan fingerprint density at radius 3 is 2.28 bits per heavy atom. The lowest BCUT2D eigenvalue weighted by molar-refractivity contribution is -0.122. The van der Waals surface area contributed by atoms with Crippen LogP contribution in [0.5, 0.6) is 0 Å². The molecule has 9 heteroatoms. The molecule has 7 nitrogen and oxygen atoms in total. The van der Waals surface area contributed by atoms with Gasteiger partial charge in [-0.25, -0.2) is 0 Å². The van der Waals surface area contributed by atoms with Crippen molar-refractivity contribution in [3.05, 3.63) is 31.9 Å². The standard InChI is InChI=1S/C27H39N5O2S2/c1-5-8-9-10-11-12-13-32-26(34)23(36-27(32)35)18-21-20(4)22(19-28)25(33)31(7-3)24(21)30-16-14-29(6-2)15-17-30/h18H,5-17H2,1-4H3/b23-18+. The van der Waals surface area contributed by atoms with Crippen LogP contribution in [0.4, 0.5) is 5.82 Å². The fourth-order valence-corrected chi connectivity index (χ4v) is 6.22. The number of nitriles is 1. The SMILES string of the molecule is CCCCCCCCN1C(=O)/C(=C\c2c(C)c(C#N)c(=O)n(CC)c2N2CCN(CC)CC2)SC1=S. The number of carbonyl (C=O) groups is 1. The minimum Gasteiger partial charge on any atom is -0.355 e. The van der Waals surface area contributed by atoms with Gasteiger partial charge in [-0.05, 0) is 38.5 Å². The van der Waals surface area contributed by atoms with Crippen molar-refractivity contribution in [1.29, 1.82) is 5.26 Å². The minimum atomic E-state index is -0.266. The van der Waals surface area contributed by atoms with Crippen LogP contribution < -0.4 is 10.5 Å². The number of rotatable bonds is 11. The minimum absolute atomic E-state index is 0.0764. The van der Waals surface area contributed by atoms with E-state index < -0.39 is 0 Å². The van der Waals surface area contributed by atoms with E-state index in [1.807, 2.05) is 19.9 Å². The molecule has 2 aliphatic heterocycles. The number of anilines is 1. The highest BCUT2D eigenvalue weighted by molar-refractivity contribution is 8.26. The van der Waals surface area contributed by atoms with E-state index in [-0.39, 0.29) is 17.0 Å². The van der Waals surface area contributed by atoms with Crippen molar-refractivity contribution in [3.8, 4) is 6.07 Å². The van der Waals surface area contributed by atoms with E-state index >= 15 is 0 Å². The molecule has 196 valence electrons. The molecule has 0 spiro atoms. The van der Waals surface area contributed by atoms with Gasteiger partial charge in [-0.15, -0.1) is 0 Å². The zero-order chi connectivity index (χ0) is 26.2. The summed E-state index contributed by atoms with van der Waals surface area (Å²) in [6.45, 7) is 13.6. The molecular weight excluding hydrogens is 490 g/mol. The molecule has 0 saturated carbocycles. The number of pyridine rings is 1. The third kappa shape index (κ3) is 6.21. The van der Waals surface area contributed by atoms with Crippen LogP contribution in [0.1, 0.15) is 76.0 Å². The first kappa shape index (κ1) is 28.4. The maximum absolute atomic E-state index is 13.3. The van der Waals surface area contributed by atoms with Gasteiger partial charge in [0.2, 0.25) is 0 Å². The Hall–Kier alpha value is -2.15. The molecule has 0 unspecified atom stereocenters. The van der Waals surface area contributed by atoms with Gasteiger partial charge in [0.1, 0.15) is 21.8 Å². The van der Waals surface area contributed by atoms with Gasteiger partial charge in [0.05, 0.1) is 4.91 Å². The largest absolute Gasteiger partial charge is 0.355 e. The van der Waals surface area contributed by atoms with Crippen LogP contribution >= 0.6 is 24.0 Å². The molecule has 2 fully saturated rings. The number of piperazine rings is 1. The molecular formula is C27H39N5O2S2. The monoisotopic (exact) mass is 529 g/mol. The molecule has 0 aliphatic carbocycles. The molecule has 1 aromatic rings. The van der Waals surface area contributed by atoms with E-state index in [0.717, 1.165) is 56.9 Å². The summed E-state index contributed by atoms with van der Waals surface area (Å²) in [5.41, 5.74) is 1.28. The molecule has 1 amide bonds. The summed E-state index contributed by atoms with van der Waals surface area (Å²) in [6.07, 6.45) is 8.78. The van der Waals surface area contributed by atoms with Crippen LogP contribution in [-0.2, 0) is 11.3 Å². The Labute approximate surface area is 225 Å². The number of aromatic nitrogens is 1. The highest BCUT2D eigenvalue weighted by atomic mass is 32.2. The predicted octanol–water partition coefficient (Wildman–Crippen LogP) is 4.75. The number of nitrogens with zero attached hydrogens (tertiary/aromatic N) is 5.